The lowest BCUT2D eigenvalue weighted by Crippen LogP contribution is -1.88. The van der Waals surface area contributed by atoms with E-state index in [2.05, 4.69) is 23.7 Å². The highest BCUT2D eigenvalue weighted by Crippen LogP contribution is 2.12. The van der Waals surface area contributed by atoms with Crippen molar-refractivity contribution in [1.82, 2.24) is 0 Å². The van der Waals surface area contributed by atoms with E-state index in [1.165, 1.54) is 0 Å². The first kappa shape index (κ1) is 17.8. The highest BCUT2D eigenvalue weighted by molar-refractivity contribution is 5.85. The number of rotatable bonds is 2. The molecule has 3 aromatic carbocycles. The highest BCUT2D eigenvalue weighted by Gasteiger charge is 1.98. The normalized spacial score (nSPS) is 9.78. The van der Waals surface area contributed by atoms with Gasteiger partial charge in [0.1, 0.15) is 0 Å². The minimum absolute atomic E-state index is 0.745. The van der Waals surface area contributed by atoms with Gasteiger partial charge in [-0.2, -0.15) is 0 Å². The molecule has 0 bridgehead atoms. The van der Waals surface area contributed by atoms with Crippen molar-refractivity contribution in [3.05, 3.63) is 113 Å². The second-order valence-electron chi connectivity index (χ2n) is 5.75. The summed E-state index contributed by atoms with van der Waals surface area (Å²) in [5.74, 6) is 11.5. The maximum Gasteiger partial charge on any atom is 0.328 e. The molecule has 0 aliphatic heterocycles. The Hall–Kier alpha value is -4.01. The van der Waals surface area contributed by atoms with Gasteiger partial charge in [0.2, 0.25) is 0 Å². The van der Waals surface area contributed by atoms with Crippen molar-refractivity contribution in [3.63, 3.8) is 0 Å². The zero-order valence-electron chi connectivity index (χ0n) is 14.5. The smallest absolute Gasteiger partial charge is 0.328 e. The largest absolute Gasteiger partial charge is 0.478 e. The van der Waals surface area contributed by atoms with E-state index >= 15 is 0 Å². The Bertz CT molecular complexity index is 1010. The standard InChI is InChI=1S/C25H16O2/c26-25(27)16-15-24-18-22(13-11-20-7-3-1-4-8-20)17-23(19-24)14-12-21-9-5-2-6-10-21/h1-10,15-19H,(H,26,27). The van der Waals surface area contributed by atoms with Crippen LogP contribution >= 0.6 is 0 Å². The average molecular weight is 348 g/mol. The summed E-state index contributed by atoms with van der Waals surface area (Å²) >= 11 is 0. The fourth-order valence-electron chi connectivity index (χ4n) is 2.39. The minimum Gasteiger partial charge on any atom is -0.478 e. The SMILES string of the molecule is O=C(O)C=Cc1cc(C#Cc2ccccc2)cc(C#Cc2ccccc2)c1. The van der Waals surface area contributed by atoms with Gasteiger partial charge >= 0.3 is 5.97 Å². The molecule has 0 aliphatic rings. The molecule has 3 rings (SSSR count). The molecule has 0 fully saturated rings. The number of carbonyl (C=O) groups is 1. The second-order valence-corrected chi connectivity index (χ2v) is 5.75. The van der Waals surface area contributed by atoms with Gasteiger partial charge in [0.25, 0.3) is 0 Å². The van der Waals surface area contributed by atoms with Crippen molar-refractivity contribution in [2.45, 2.75) is 0 Å². The van der Waals surface area contributed by atoms with E-state index in [0.717, 1.165) is 33.9 Å². The van der Waals surface area contributed by atoms with Gasteiger partial charge in [0.05, 0.1) is 0 Å². The molecule has 2 heteroatoms. The van der Waals surface area contributed by atoms with Crippen LogP contribution < -0.4 is 0 Å². The van der Waals surface area contributed by atoms with Gasteiger partial charge in [0, 0.05) is 28.3 Å². The summed E-state index contributed by atoms with van der Waals surface area (Å²) in [7, 11) is 0. The van der Waals surface area contributed by atoms with Crippen LogP contribution in [0.3, 0.4) is 0 Å². The van der Waals surface area contributed by atoms with Gasteiger partial charge in [-0.25, -0.2) is 4.79 Å². The van der Waals surface area contributed by atoms with Crippen LogP contribution in [0.1, 0.15) is 27.8 Å². The summed E-state index contributed by atoms with van der Waals surface area (Å²) in [5, 5.41) is 8.87. The first-order valence-electron chi connectivity index (χ1n) is 8.39. The third-order valence-electron chi connectivity index (χ3n) is 3.62. The molecule has 0 saturated heterocycles. The fourth-order valence-corrected chi connectivity index (χ4v) is 2.39. The number of benzene rings is 3. The molecule has 128 valence electrons. The lowest BCUT2D eigenvalue weighted by atomic mass is 10.0. The Morgan fingerprint density at radius 3 is 1.56 bits per heavy atom. The first-order chi connectivity index (χ1) is 13.2. The summed E-state index contributed by atoms with van der Waals surface area (Å²) in [4.78, 5) is 10.8. The van der Waals surface area contributed by atoms with Crippen molar-refractivity contribution in [3.8, 4) is 23.7 Å². The van der Waals surface area contributed by atoms with Crippen LogP contribution in [-0.4, -0.2) is 11.1 Å². The average Bonchev–Trinajstić information content (AvgIpc) is 2.71. The molecule has 1 N–H and O–H groups in total. The molecule has 0 unspecified atom stereocenters. The summed E-state index contributed by atoms with van der Waals surface area (Å²) in [6.07, 6.45) is 2.65. The maximum atomic E-state index is 10.8. The number of carboxylic acid groups (broad SMARTS) is 1. The van der Waals surface area contributed by atoms with Crippen LogP contribution in [0.4, 0.5) is 0 Å². The zero-order chi connectivity index (χ0) is 18.9. The Morgan fingerprint density at radius 1 is 0.667 bits per heavy atom. The number of hydrogen-bond donors (Lipinski definition) is 1. The molecule has 0 radical (unpaired) electrons. The van der Waals surface area contributed by atoms with Crippen LogP contribution in [0, 0.1) is 23.7 Å². The van der Waals surface area contributed by atoms with E-state index in [-0.39, 0.29) is 0 Å². The summed E-state index contributed by atoms with van der Waals surface area (Å²) in [6.45, 7) is 0. The predicted octanol–water partition coefficient (Wildman–Crippen LogP) is 4.58. The van der Waals surface area contributed by atoms with Crippen molar-refractivity contribution in [2.24, 2.45) is 0 Å². The fraction of sp³-hybridized carbons (Fsp3) is 0. The monoisotopic (exact) mass is 348 g/mol. The quantitative estimate of drug-likeness (QED) is 0.543. The third-order valence-corrected chi connectivity index (χ3v) is 3.62. The van der Waals surface area contributed by atoms with Crippen molar-refractivity contribution in [2.75, 3.05) is 0 Å². The van der Waals surface area contributed by atoms with E-state index in [4.69, 9.17) is 5.11 Å². The van der Waals surface area contributed by atoms with Gasteiger partial charge in [-0.15, -0.1) is 0 Å². The van der Waals surface area contributed by atoms with Gasteiger partial charge < -0.3 is 5.11 Å². The third kappa shape index (κ3) is 5.78. The lowest BCUT2D eigenvalue weighted by Gasteiger charge is -1.99. The minimum atomic E-state index is -0.993. The van der Waals surface area contributed by atoms with E-state index in [0.29, 0.717) is 0 Å². The molecular weight excluding hydrogens is 332 g/mol. The molecule has 0 spiro atoms. The zero-order valence-corrected chi connectivity index (χ0v) is 14.5. The molecule has 27 heavy (non-hydrogen) atoms. The second kappa shape index (κ2) is 8.90. The summed E-state index contributed by atoms with van der Waals surface area (Å²) < 4.78 is 0. The summed E-state index contributed by atoms with van der Waals surface area (Å²) in [6, 6.07) is 25.0. The van der Waals surface area contributed by atoms with Gasteiger partial charge in [-0.3, -0.25) is 0 Å². The van der Waals surface area contributed by atoms with Crippen molar-refractivity contribution < 1.29 is 9.90 Å². The topological polar surface area (TPSA) is 37.3 Å². The van der Waals surface area contributed by atoms with Crippen LogP contribution in [0.5, 0.6) is 0 Å². The molecule has 3 aromatic rings. The Kier molecular flexibility index (Phi) is 5.87. The van der Waals surface area contributed by atoms with Gasteiger partial charge in [-0.05, 0) is 54.1 Å². The predicted molar refractivity (Wildman–Crippen MR) is 108 cm³/mol. The molecule has 0 aromatic heterocycles. The molecule has 0 atom stereocenters. The highest BCUT2D eigenvalue weighted by atomic mass is 16.4. The van der Waals surface area contributed by atoms with Crippen LogP contribution in [-0.2, 0) is 4.79 Å². The lowest BCUT2D eigenvalue weighted by molar-refractivity contribution is -0.131. The number of hydrogen-bond acceptors (Lipinski definition) is 1. The number of aliphatic carboxylic acids is 1. The first-order valence-corrected chi connectivity index (χ1v) is 8.39. The maximum absolute atomic E-state index is 10.8. The van der Waals surface area contributed by atoms with Crippen LogP contribution in [0.2, 0.25) is 0 Å². The molecule has 0 aliphatic carbocycles. The van der Waals surface area contributed by atoms with Crippen molar-refractivity contribution in [1.29, 1.82) is 0 Å². The van der Waals surface area contributed by atoms with E-state index in [1.807, 2.05) is 78.9 Å². The van der Waals surface area contributed by atoms with Gasteiger partial charge in [0.15, 0.2) is 0 Å². The Morgan fingerprint density at radius 2 is 1.11 bits per heavy atom. The number of carboxylic acids is 1. The van der Waals surface area contributed by atoms with Crippen LogP contribution in [0.15, 0.2) is 84.9 Å². The molecule has 0 saturated carbocycles. The Labute approximate surface area is 158 Å². The molecular formula is C25H16O2. The van der Waals surface area contributed by atoms with Crippen molar-refractivity contribution >= 4 is 12.0 Å². The van der Waals surface area contributed by atoms with Gasteiger partial charge in [-0.1, -0.05) is 60.1 Å². The van der Waals surface area contributed by atoms with Crippen LogP contribution in [0.25, 0.3) is 6.08 Å². The molecule has 0 heterocycles. The molecule has 2 nitrogen and oxygen atoms in total. The van der Waals surface area contributed by atoms with E-state index < -0.39 is 5.97 Å². The summed E-state index contributed by atoms with van der Waals surface area (Å²) in [5.41, 5.74) is 4.14. The van der Waals surface area contributed by atoms with E-state index in [9.17, 15) is 4.79 Å². The van der Waals surface area contributed by atoms with E-state index in [1.54, 1.807) is 6.08 Å². The Balaban J connectivity index is 1.98. The molecule has 0 amide bonds.